The molecular weight excluding hydrogens is 473 g/mol. The van der Waals surface area contributed by atoms with Crippen LogP contribution in [0, 0.1) is 0 Å². The molecule has 9 nitrogen and oxygen atoms in total. The highest BCUT2D eigenvalue weighted by Gasteiger charge is 2.32. The van der Waals surface area contributed by atoms with Gasteiger partial charge in [-0.25, -0.2) is 14.6 Å². The van der Waals surface area contributed by atoms with E-state index in [9.17, 15) is 18.0 Å². The van der Waals surface area contributed by atoms with Crippen molar-refractivity contribution in [3.8, 4) is 11.4 Å². The van der Waals surface area contributed by atoms with E-state index in [4.69, 9.17) is 4.74 Å². The van der Waals surface area contributed by atoms with Crippen LogP contribution in [0.5, 0.6) is 5.75 Å². The van der Waals surface area contributed by atoms with E-state index in [1.165, 1.54) is 40.7 Å². The van der Waals surface area contributed by atoms with Gasteiger partial charge in [0.1, 0.15) is 5.75 Å². The average Bonchev–Trinajstić information content (AvgIpc) is 3.20. The maximum absolute atomic E-state index is 13.3. The van der Waals surface area contributed by atoms with Crippen molar-refractivity contribution in [3.63, 3.8) is 0 Å². The molecule has 1 fully saturated rings. The van der Waals surface area contributed by atoms with Crippen LogP contribution in [0.2, 0.25) is 0 Å². The maximum Gasteiger partial charge on any atom is 0.573 e. The molecule has 3 heterocycles. The van der Waals surface area contributed by atoms with Gasteiger partial charge in [-0.1, -0.05) is 17.0 Å². The molecule has 1 aliphatic heterocycles. The van der Waals surface area contributed by atoms with Crippen LogP contribution in [0.25, 0.3) is 5.69 Å². The molecule has 3 aromatic rings. The van der Waals surface area contributed by atoms with Crippen molar-refractivity contribution in [3.05, 3.63) is 54.1 Å². The number of rotatable bonds is 6. The molecule has 0 spiro atoms. The second-order valence-corrected chi connectivity index (χ2v) is 8.57. The first-order chi connectivity index (χ1) is 16.2. The lowest BCUT2D eigenvalue weighted by Gasteiger charge is -2.35. The fourth-order valence-corrected chi connectivity index (χ4v) is 4.38. The molecule has 1 saturated heterocycles. The number of morpholine rings is 1. The molecule has 0 bridgehead atoms. The van der Waals surface area contributed by atoms with Gasteiger partial charge in [-0.3, -0.25) is 4.79 Å². The number of carbonyl (C=O) groups excluding carboxylic acids is 1. The van der Waals surface area contributed by atoms with E-state index in [-0.39, 0.29) is 35.3 Å². The van der Waals surface area contributed by atoms with E-state index in [1.807, 2.05) is 13.8 Å². The third-order valence-electron chi connectivity index (χ3n) is 4.87. The zero-order valence-corrected chi connectivity index (χ0v) is 19.1. The van der Waals surface area contributed by atoms with E-state index in [0.29, 0.717) is 29.6 Å². The molecule has 0 aliphatic carbocycles. The van der Waals surface area contributed by atoms with Gasteiger partial charge in [0.05, 0.1) is 23.6 Å². The normalized spacial score (nSPS) is 18.7. The Morgan fingerprint density at radius 3 is 2.41 bits per heavy atom. The minimum Gasteiger partial charge on any atom is -0.406 e. The summed E-state index contributed by atoms with van der Waals surface area (Å²) in [5.41, 5.74) is 1.05. The summed E-state index contributed by atoms with van der Waals surface area (Å²) in [4.78, 5) is 23.4. The number of alkyl halides is 3. The van der Waals surface area contributed by atoms with E-state index in [2.05, 4.69) is 25.0 Å². The van der Waals surface area contributed by atoms with Gasteiger partial charge in [-0.05, 0) is 44.2 Å². The molecule has 4 rings (SSSR count). The van der Waals surface area contributed by atoms with Crippen LogP contribution in [0.15, 0.2) is 47.9 Å². The number of halogens is 3. The first-order valence-electron chi connectivity index (χ1n) is 10.3. The van der Waals surface area contributed by atoms with Gasteiger partial charge in [0, 0.05) is 31.2 Å². The van der Waals surface area contributed by atoms with Crippen molar-refractivity contribution in [2.24, 2.45) is 0 Å². The summed E-state index contributed by atoms with van der Waals surface area (Å²) in [6, 6.07) is 6.87. The molecule has 1 amide bonds. The molecule has 2 unspecified atom stereocenters. The Labute approximate surface area is 197 Å². The molecule has 0 saturated carbocycles. The highest BCUT2D eigenvalue weighted by Crippen LogP contribution is 2.27. The summed E-state index contributed by atoms with van der Waals surface area (Å²) in [5.74, 6) is -0.402. The van der Waals surface area contributed by atoms with Crippen LogP contribution in [0.3, 0.4) is 0 Å². The highest BCUT2D eigenvalue weighted by molar-refractivity contribution is 7.98. The molecule has 0 N–H and O–H groups in total. The van der Waals surface area contributed by atoms with E-state index in [1.54, 1.807) is 23.4 Å². The van der Waals surface area contributed by atoms with Gasteiger partial charge in [0.25, 0.3) is 5.91 Å². The monoisotopic (exact) mass is 494 g/mol. The lowest BCUT2D eigenvalue weighted by molar-refractivity contribution is -0.274. The van der Waals surface area contributed by atoms with Gasteiger partial charge in [-0.15, -0.1) is 18.3 Å². The Morgan fingerprint density at radius 2 is 1.79 bits per heavy atom. The van der Waals surface area contributed by atoms with Gasteiger partial charge < -0.3 is 14.4 Å². The van der Waals surface area contributed by atoms with Crippen LogP contribution in [-0.4, -0.2) is 67.4 Å². The zero-order chi connectivity index (χ0) is 24.3. The smallest absolute Gasteiger partial charge is 0.406 e. The van der Waals surface area contributed by atoms with Crippen LogP contribution < -0.4 is 4.74 Å². The Bertz CT molecular complexity index is 1120. The van der Waals surface area contributed by atoms with Gasteiger partial charge in [0.15, 0.2) is 10.9 Å². The van der Waals surface area contributed by atoms with Crippen LogP contribution >= 0.6 is 11.8 Å². The lowest BCUT2D eigenvalue weighted by atomic mass is 10.2. The number of carbonyl (C=O) groups is 1. The molecule has 13 heteroatoms. The first-order valence-corrected chi connectivity index (χ1v) is 11.3. The van der Waals surface area contributed by atoms with E-state index < -0.39 is 6.36 Å². The van der Waals surface area contributed by atoms with Gasteiger partial charge >= 0.3 is 6.36 Å². The predicted octanol–water partition coefficient (Wildman–Crippen LogP) is 3.50. The molecular formula is C21H21F3N6O3S. The number of aromatic nitrogens is 5. The third-order valence-corrected chi connectivity index (χ3v) is 5.75. The second kappa shape index (κ2) is 9.97. The van der Waals surface area contributed by atoms with Crippen molar-refractivity contribution in [1.82, 2.24) is 29.9 Å². The Morgan fingerprint density at radius 1 is 1.15 bits per heavy atom. The lowest BCUT2D eigenvalue weighted by Crippen LogP contribution is -2.48. The molecule has 34 heavy (non-hydrogen) atoms. The molecule has 1 aromatic carbocycles. The highest BCUT2D eigenvalue weighted by atomic mass is 32.2. The first kappa shape index (κ1) is 24.0. The third kappa shape index (κ3) is 5.83. The molecule has 0 radical (unpaired) electrons. The second-order valence-electron chi connectivity index (χ2n) is 7.63. The number of nitrogens with zero attached hydrogens (tertiary/aromatic N) is 6. The van der Waals surface area contributed by atoms with Crippen molar-refractivity contribution in [2.75, 3.05) is 13.1 Å². The summed E-state index contributed by atoms with van der Waals surface area (Å²) in [6.45, 7) is 4.60. The number of ether oxygens (including phenoxy) is 2. The van der Waals surface area contributed by atoms with Gasteiger partial charge in [-0.2, -0.15) is 0 Å². The van der Waals surface area contributed by atoms with Crippen molar-refractivity contribution < 1.29 is 27.4 Å². The predicted molar refractivity (Wildman–Crippen MR) is 116 cm³/mol. The summed E-state index contributed by atoms with van der Waals surface area (Å²) in [5, 5.41) is 8.75. The Kier molecular flexibility index (Phi) is 7.03. The SMILES string of the molecule is CC1CN(C(=O)c2nnn(-c3ccc(OC(F)(F)F)cc3)c2CSc2ncccn2)CC(C)O1. The van der Waals surface area contributed by atoms with Crippen molar-refractivity contribution in [2.45, 2.75) is 43.3 Å². The number of benzene rings is 1. The fraction of sp³-hybridized carbons (Fsp3) is 0.381. The standard InChI is InChI=1S/C21H21F3N6O3S/c1-13-10-29(11-14(2)32-13)19(31)18-17(12-34-20-25-8-3-9-26-20)30(28-27-18)15-4-6-16(7-5-15)33-21(22,23)24/h3-9,13-14H,10-12H2,1-2H3. The summed E-state index contributed by atoms with van der Waals surface area (Å²) < 4.78 is 48.6. The quantitative estimate of drug-likeness (QED) is 0.380. The minimum atomic E-state index is -4.79. The number of amides is 1. The van der Waals surface area contributed by atoms with Gasteiger partial charge in [0.2, 0.25) is 0 Å². The Hall–Kier alpha value is -3.19. The van der Waals surface area contributed by atoms with Crippen molar-refractivity contribution >= 4 is 17.7 Å². The number of thioether (sulfide) groups is 1. The maximum atomic E-state index is 13.3. The molecule has 2 aromatic heterocycles. The van der Waals surface area contributed by atoms with E-state index >= 15 is 0 Å². The number of hydrogen-bond donors (Lipinski definition) is 0. The number of hydrogen-bond acceptors (Lipinski definition) is 8. The van der Waals surface area contributed by atoms with Crippen molar-refractivity contribution in [1.29, 1.82) is 0 Å². The van der Waals surface area contributed by atoms with Crippen LogP contribution in [-0.2, 0) is 10.5 Å². The topological polar surface area (TPSA) is 95.3 Å². The summed E-state index contributed by atoms with van der Waals surface area (Å²) in [6.07, 6.45) is -1.84. The summed E-state index contributed by atoms with van der Waals surface area (Å²) in [7, 11) is 0. The summed E-state index contributed by atoms with van der Waals surface area (Å²) >= 11 is 1.29. The van der Waals surface area contributed by atoms with Crippen LogP contribution in [0.1, 0.15) is 30.0 Å². The van der Waals surface area contributed by atoms with Crippen LogP contribution in [0.4, 0.5) is 13.2 Å². The molecule has 2 atom stereocenters. The fourth-order valence-electron chi connectivity index (χ4n) is 3.58. The average molecular weight is 494 g/mol. The largest absolute Gasteiger partial charge is 0.573 e. The Balaban J connectivity index is 1.64. The minimum absolute atomic E-state index is 0.125. The molecule has 1 aliphatic rings. The molecule has 180 valence electrons. The van der Waals surface area contributed by atoms with E-state index in [0.717, 1.165) is 0 Å². The zero-order valence-electron chi connectivity index (χ0n) is 18.3.